The predicted molar refractivity (Wildman–Crippen MR) is 83.9 cm³/mol. The Morgan fingerprint density at radius 2 is 1.95 bits per heavy atom. The van der Waals surface area contributed by atoms with Crippen LogP contribution < -0.4 is 5.32 Å². The van der Waals surface area contributed by atoms with Crippen LogP contribution in [0.2, 0.25) is 0 Å². The van der Waals surface area contributed by atoms with Crippen LogP contribution in [0.1, 0.15) is 30.4 Å². The Kier molecular flexibility index (Phi) is 5.76. The number of aryl methyl sites for hydroxylation is 1. The van der Waals surface area contributed by atoms with Gasteiger partial charge in [0.15, 0.2) is 0 Å². The number of nitrogens with zero attached hydrogens (tertiary/aromatic N) is 1. The van der Waals surface area contributed by atoms with Crippen LogP contribution in [0.4, 0.5) is 0 Å². The van der Waals surface area contributed by atoms with Crippen LogP contribution in [-0.2, 0) is 11.3 Å². The van der Waals surface area contributed by atoms with Gasteiger partial charge in [-0.3, -0.25) is 4.79 Å². The summed E-state index contributed by atoms with van der Waals surface area (Å²) in [7, 11) is 2.11. The third-order valence-corrected chi connectivity index (χ3v) is 4.28. The van der Waals surface area contributed by atoms with Gasteiger partial charge in [-0.2, -0.15) is 0 Å². The fourth-order valence-electron chi connectivity index (χ4n) is 2.73. The van der Waals surface area contributed by atoms with Crippen LogP contribution in [0, 0.1) is 12.8 Å². The van der Waals surface area contributed by atoms with Crippen molar-refractivity contribution < 1.29 is 9.90 Å². The van der Waals surface area contributed by atoms with E-state index in [9.17, 15) is 9.90 Å². The molecule has 0 aliphatic carbocycles. The fraction of sp³-hybridized carbons (Fsp3) is 0.588. The average Bonchev–Trinajstić information content (AvgIpc) is 2.48. The highest BCUT2D eigenvalue weighted by Gasteiger charge is 2.23. The van der Waals surface area contributed by atoms with E-state index >= 15 is 0 Å². The van der Waals surface area contributed by atoms with Crippen molar-refractivity contribution in [3.05, 3.63) is 35.4 Å². The van der Waals surface area contributed by atoms with Gasteiger partial charge in [0.1, 0.15) is 6.10 Å². The molecule has 1 fully saturated rings. The lowest BCUT2D eigenvalue weighted by Gasteiger charge is -2.29. The minimum absolute atomic E-state index is 0.255. The number of likely N-dealkylation sites (tertiary alicyclic amines) is 1. The summed E-state index contributed by atoms with van der Waals surface area (Å²) in [4.78, 5) is 14.2. The number of nitrogens with one attached hydrogen (secondary N) is 1. The van der Waals surface area contributed by atoms with E-state index in [-0.39, 0.29) is 5.91 Å². The van der Waals surface area contributed by atoms with E-state index in [2.05, 4.69) is 17.3 Å². The molecule has 1 aromatic carbocycles. The molecule has 1 amide bonds. The summed E-state index contributed by atoms with van der Waals surface area (Å²) >= 11 is 0. The first-order chi connectivity index (χ1) is 10.0. The Hall–Kier alpha value is -1.39. The molecule has 4 nitrogen and oxygen atoms in total. The minimum atomic E-state index is -0.885. The highest BCUT2D eigenvalue weighted by molar-refractivity contribution is 5.80. The number of aliphatic hydroxyl groups excluding tert-OH is 1. The van der Waals surface area contributed by atoms with Crippen molar-refractivity contribution in [1.29, 1.82) is 0 Å². The molecule has 21 heavy (non-hydrogen) atoms. The molecule has 116 valence electrons. The number of piperidine rings is 1. The Bertz CT molecular complexity index is 450. The SMILES string of the molecule is Cc1ccc(CNC(=O)C(O)CC2CCN(C)CC2)cc1. The van der Waals surface area contributed by atoms with Crippen LogP contribution in [-0.4, -0.2) is 42.2 Å². The summed E-state index contributed by atoms with van der Waals surface area (Å²) in [6.45, 7) is 4.63. The molecular weight excluding hydrogens is 264 g/mol. The molecule has 1 unspecified atom stereocenters. The van der Waals surface area contributed by atoms with E-state index < -0.39 is 6.10 Å². The van der Waals surface area contributed by atoms with E-state index in [1.165, 1.54) is 5.56 Å². The number of carbonyl (C=O) groups excluding carboxylic acids is 1. The number of rotatable bonds is 5. The van der Waals surface area contributed by atoms with Crippen molar-refractivity contribution in [3.63, 3.8) is 0 Å². The van der Waals surface area contributed by atoms with Crippen molar-refractivity contribution >= 4 is 5.91 Å². The zero-order valence-corrected chi connectivity index (χ0v) is 13.0. The highest BCUT2D eigenvalue weighted by Crippen LogP contribution is 2.21. The fourth-order valence-corrected chi connectivity index (χ4v) is 2.73. The van der Waals surface area contributed by atoms with Crippen LogP contribution in [0.25, 0.3) is 0 Å². The molecule has 1 heterocycles. The molecule has 1 atom stereocenters. The van der Waals surface area contributed by atoms with Gasteiger partial charge in [-0.25, -0.2) is 0 Å². The van der Waals surface area contributed by atoms with Gasteiger partial charge >= 0.3 is 0 Å². The molecule has 0 radical (unpaired) electrons. The van der Waals surface area contributed by atoms with E-state index in [1.807, 2.05) is 31.2 Å². The van der Waals surface area contributed by atoms with Crippen LogP contribution in [0.3, 0.4) is 0 Å². The van der Waals surface area contributed by atoms with Crippen molar-refractivity contribution in [2.75, 3.05) is 20.1 Å². The van der Waals surface area contributed by atoms with E-state index in [0.29, 0.717) is 18.9 Å². The predicted octanol–water partition coefficient (Wildman–Crippen LogP) is 1.70. The first kappa shape index (κ1) is 16.0. The first-order valence-corrected chi connectivity index (χ1v) is 7.74. The molecule has 1 saturated heterocycles. The zero-order valence-electron chi connectivity index (χ0n) is 13.0. The number of aliphatic hydroxyl groups is 1. The lowest BCUT2D eigenvalue weighted by Crippen LogP contribution is -2.38. The third kappa shape index (κ3) is 5.14. The van der Waals surface area contributed by atoms with Gasteiger partial charge in [0.05, 0.1) is 0 Å². The van der Waals surface area contributed by atoms with Crippen molar-refractivity contribution in [3.8, 4) is 0 Å². The molecule has 1 aromatic rings. The summed E-state index contributed by atoms with van der Waals surface area (Å²) in [5, 5.41) is 12.8. The summed E-state index contributed by atoms with van der Waals surface area (Å²) < 4.78 is 0. The molecule has 1 aliphatic heterocycles. The van der Waals surface area contributed by atoms with Crippen LogP contribution in [0.5, 0.6) is 0 Å². The standard InChI is InChI=1S/C17H26N2O2/c1-13-3-5-15(6-4-13)12-18-17(21)16(20)11-14-7-9-19(2)10-8-14/h3-6,14,16,20H,7-12H2,1-2H3,(H,18,21). The van der Waals surface area contributed by atoms with Gasteiger partial charge in [-0.05, 0) is 57.8 Å². The molecule has 4 heteroatoms. The van der Waals surface area contributed by atoms with E-state index in [4.69, 9.17) is 0 Å². The number of hydrogen-bond acceptors (Lipinski definition) is 3. The van der Waals surface area contributed by atoms with Crippen molar-refractivity contribution in [2.45, 2.75) is 38.8 Å². The molecule has 0 spiro atoms. The minimum Gasteiger partial charge on any atom is -0.383 e. The van der Waals surface area contributed by atoms with Gasteiger partial charge in [-0.15, -0.1) is 0 Å². The average molecular weight is 290 g/mol. The van der Waals surface area contributed by atoms with Gasteiger partial charge in [-0.1, -0.05) is 29.8 Å². The lowest BCUT2D eigenvalue weighted by molar-refractivity contribution is -0.130. The number of amides is 1. The molecule has 2 rings (SSSR count). The summed E-state index contributed by atoms with van der Waals surface area (Å²) in [5.41, 5.74) is 2.26. The van der Waals surface area contributed by atoms with E-state index in [0.717, 1.165) is 31.5 Å². The Balaban J connectivity index is 1.73. The summed E-state index contributed by atoms with van der Waals surface area (Å²) in [5.74, 6) is 0.204. The second-order valence-electron chi connectivity index (χ2n) is 6.20. The smallest absolute Gasteiger partial charge is 0.249 e. The molecule has 1 aliphatic rings. The summed E-state index contributed by atoms with van der Waals surface area (Å²) in [6, 6.07) is 8.05. The zero-order chi connectivity index (χ0) is 15.2. The topological polar surface area (TPSA) is 52.6 Å². The molecule has 2 N–H and O–H groups in total. The van der Waals surface area contributed by atoms with Gasteiger partial charge in [0.2, 0.25) is 5.91 Å². The van der Waals surface area contributed by atoms with Crippen LogP contribution in [0.15, 0.2) is 24.3 Å². The first-order valence-electron chi connectivity index (χ1n) is 7.74. The Labute approximate surface area is 127 Å². The van der Waals surface area contributed by atoms with E-state index in [1.54, 1.807) is 0 Å². The lowest BCUT2D eigenvalue weighted by atomic mass is 9.91. The third-order valence-electron chi connectivity index (χ3n) is 4.28. The maximum absolute atomic E-state index is 11.9. The Morgan fingerprint density at radius 3 is 2.57 bits per heavy atom. The van der Waals surface area contributed by atoms with Crippen molar-refractivity contribution in [1.82, 2.24) is 10.2 Å². The van der Waals surface area contributed by atoms with Gasteiger partial charge < -0.3 is 15.3 Å². The maximum atomic E-state index is 11.9. The van der Waals surface area contributed by atoms with Gasteiger partial charge in [0.25, 0.3) is 0 Å². The Morgan fingerprint density at radius 1 is 1.33 bits per heavy atom. The summed E-state index contributed by atoms with van der Waals surface area (Å²) in [6.07, 6.45) is 1.83. The largest absolute Gasteiger partial charge is 0.383 e. The number of carbonyl (C=O) groups is 1. The number of hydrogen-bond donors (Lipinski definition) is 2. The van der Waals surface area contributed by atoms with Gasteiger partial charge in [0, 0.05) is 6.54 Å². The number of benzene rings is 1. The maximum Gasteiger partial charge on any atom is 0.249 e. The van der Waals surface area contributed by atoms with Crippen LogP contribution >= 0.6 is 0 Å². The second-order valence-corrected chi connectivity index (χ2v) is 6.20. The quantitative estimate of drug-likeness (QED) is 0.868. The molecule has 0 saturated carbocycles. The normalized spacial score (nSPS) is 18.4. The molecular formula is C17H26N2O2. The monoisotopic (exact) mass is 290 g/mol. The second kappa shape index (κ2) is 7.57. The highest BCUT2D eigenvalue weighted by atomic mass is 16.3. The van der Waals surface area contributed by atoms with Crippen molar-refractivity contribution in [2.24, 2.45) is 5.92 Å². The molecule has 0 aromatic heterocycles. The molecule has 0 bridgehead atoms.